The predicted molar refractivity (Wildman–Crippen MR) is 123 cm³/mol. The lowest BCUT2D eigenvalue weighted by molar-refractivity contribution is 0.245. The van der Waals surface area contributed by atoms with E-state index in [9.17, 15) is 4.79 Å². The first kappa shape index (κ1) is 21.2. The molecule has 0 radical (unpaired) electrons. The Hall–Kier alpha value is -3.09. The number of aromatic nitrogens is 3. The minimum Gasteiger partial charge on any atom is -0.494 e. The number of nitrogens with zero attached hydrogens (tertiary/aromatic N) is 4. The third-order valence-electron chi connectivity index (χ3n) is 5.49. The Balaban J connectivity index is 1.63. The van der Waals surface area contributed by atoms with E-state index < -0.39 is 0 Å². The van der Waals surface area contributed by atoms with Gasteiger partial charge >= 0.3 is 6.03 Å². The van der Waals surface area contributed by atoms with Crippen LogP contribution in [-0.4, -0.2) is 40.3 Å². The molecule has 7 heteroatoms. The Morgan fingerprint density at radius 2 is 2.03 bits per heavy atom. The summed E-state index contributed by atoms with van der Waals surface area (Å²) in [5.41, 5.74) is 3.62. The molecule has 0 unspecified atom stereocenters. The Kier molecular flexibility index (Phi) is 6.11. The third-order valence-corrected chi connectivity index (χ3v) is 5.49. The van der Waals surface area contributed by atoms with E-state index in [4.69, 9.17) is 14.7 Å². The second-order valence-corrected chi connectivity index (χ2v) is 8.54. The number of amides is 2. The average Bonchev–Trinajstić information content (AvgIpc) is 3.50. The summed E-state index contributed by atoms with van der Waals surface area (Å²) in [5.74, 6) is 2.59. The number of anilines is 1. The fourth-order valence-corrected chi connectivity index (χ4v) is 3.63. The molecule has 0 bridgehead atoms. The lowest BCUT2D eigenvalue weighted by Gasteiger charge is -2.19. The van der Waals surface area contributed by atoms with Gasteiger partial charge in [0.25, 0.3) is 0 Å². The highest BCUT2D eigenvalue weighted by Gasteiger charge is 2.25. The zero-order valence-corrected chi connectivity index (χ0v) is 18.8. The smallest absolute Gasteiger partial charge is 0.321 e. The van der Waals surface area contributed by atoms with E-state index in [2.05, 4.69) is 22.0 Å². The Labute approximate surface area is 183 Å². The van der Waals surface area contributed by atoms with E-state index in [1.165, 1.54) is 18.4 Å². The summed E-state index contributed by atoms with van der Waals surface area (Å²) in [5, 5.41) is 2.91. The minimum absolute atomic E-state index is 0.0742. The van der Waals surface area contributed by atoms with E-state index >= 15 is 0 Å². The number of benzene rings is 1. The number of fused-ring (bicyclic) bond motifs is 1. The molecule has 4 rings (SSSR count). The van der Waals surface area contributed by atoms with Crippen LogP contribution in [-0.2, 0) is 13.0 Å². The first-order valence-corrected chi connectivity index (χ1v) is 11.1. The fraction of sp³-hybridized carbons (Fsp3) is 0.458. The molecular formula is C24H31N5O2. The largest absolute Gasteiger partial charge is 0.494 e. The second kappa shape index (κ2) is 8.96. The molecule has 1 aliphatic carbocycles. The average molecular weight is 422 g/mol. The van der Waals surface area contributed by atoms with Gasteiger partial charge in [-0.1, -0.05) is 12.1 Å². The number of nitrogens with one attached hydrogen (secondary N) is 1. The molecule has 0 saturated heterocycles. The SMILES string of the molecule is CCOc1ccc(Cc2nc3cc(N(C)C(=O)NC(C)C)cnc3n2CC2CC2)cc1. The van der Waals surface area contributed by atoms with Gasteiger partial charge in [-0.25, -0.2) is 14.8 Å². The van der Waals surface area contributed by atoms with Gasteiger partial charge in [-0.05, 0) is 63.3 Å². The number of ether oxygens (including phenoxy) is 1. The Morgan fingerprint density at radius 1 is 1.29 bits per heavy atom. The number of carbonyl (C=O) groups is 1. The first-order valence-electron chi connectivity index (χ1n) is 11.1. The van der Waals surface area contributed by atoms with Crippen LogP contribution >= 0.6 is 0 Å². The second-order valence-electron chi connectivity index (χ2n) is 8.54. The Bertz CT molecular complexity index is 1050. The van der Waals surface area contributed by atoms with Gasteiger partial charge in [0.05, 0.1) is 18.5 Å². The molecule has 7 nitrogen and oxygen atoms in total. The van der Waals surface area contributed by atoms with Gasteiger partial charge < -0.3 is 14.6 Å². The van der Waals surface area contributed by atoms with Crippen LogP contribution in [0.2, 0.25) is 0 Å². The number of hydrogen-bond acceptors (Lipinski definition) is 4. The minimum atomic E-state index is -0.150. The normalized spacial score (nSPS) is 13.6. The van der Waals surface area contributed by atoms with Crippen LogP contribution in [0.4, 0.5) is 10.5 Å². The standard InChI is InChI=1S/C24H31N5O2/c1-5-31-20-10-8-17(9-11-20)12-22-27-21-13-19(28(4)24(30)26-16(2)3)14-25-23(21)29(22)15-18-6-7-18/h8-11,13-14,16,18H,5-7,12,15H2,1-4H3,(H,26,30). The van der Waals surface area contributed by atoms with E-state index in [1.54, 1.807) is 18.1 Å². The van der Waals surface area contributed by atoms with Gasteiger partial charge in [0.2, 0.25) is 0 Å². The molecule has 164 valence electrons. The van der Waals surface area contributed by atoms with Gasteiger partial charge in [-0.3, -0.25) is 4.90 Å². The molecule has 0 atom stereocenters. The van der Waals surface area contributed by atoms with Crippen LogP contribution < -0.4 is 15.0 Å². The number of pyridine rings is 1. The Morgan fingerprint density at radius 3 is 2.68 bits per heavy atom. The zero-order chi connectivity index (χ0) is 22.0. The van der Waals surface area contributed by atoms with Crippen molar-refractivity contribution in [1.82, 2.24) is 19.9 Å². The van der Waals surface area contributed by atoms with E-state index in [0.717, 1.165) is 41.4 Å². The van der Waals surface area contributed by atoms with Crippen molar-refractivity contribution >= 4 is 22.9 Å². The van der Waals surface area contributed by atoms with Gasteiger partial charge in [0, 0.05) is 26.1 Å². The number of rotatable bonds is 8. The summed E-state index contributed by atoms with van der Waals surface area (Å²) in [6, 6.07) is 10.1. The van der Waals surface area contributed by atoms with Gasteiger partial charge in [-0.15, -0.1) is 0 Å². The van der Waals surface area contributed by atoms with Crippen LogP contribution in [0.3, 0.4) is 0 Å². The monoisotopic (exact) mass is 421 g/mol. The fourth-order valence-electron chi connectivity index (χ4n) is 3.63. The number of imidazole rings is 1. The number of hydrogen-bond donors (Lipinski definition) is 1. The van der Waals surface area contributed by atoms with Crippen molar-refractivity contribution < 1.29 is 9.53 Å². The molecule has 1 aliphatic rings. The first-order chi connectivity index (χ1) is 14.9. The third kappa shape index (κ3) is 4.98. The zero-order valence-electron chi connectivity index (χ0n) is 18.8. The molecule has 1 fully saturated rings. The maximum atomic E-state index is 12.4. The van der Waals surface area contributed by atoms with Crippen molar-refractivity contribution in [3.63, 3.8) is 0 Å². The molecule has 31 heavy (non-hydrogen) atoms. The molecule has 0 aliphatic heterocycles. The summed E-state index contributed by atoms with van der Waals surface area (Å²) in [6.07, 6.45) is 5.01. The molecule has 2 aromatic heterocycles. The van der Waals surface area contributed by atoms with E-state index in [0.29, 0.717) is 12.5 Å². The molecule has 1 N–H and O–H groups in total. The van der Waals surface area contributed by atoms with Crippen LogP contribution in [0.15, 0.2) is 36.5 Å². The van der Waals surface area contributed by atoms with Crippen LogP contribution in [0.5, 0.6) is 5.75 Å². The van der Waals surface area contributed by atoms with Crippen molar-refractivity contribution in [1.29, 1.82) is 0 Å². The summed E-state index contributed by atoms with van der Waals surface area (Å²) >= 11 is 0. The maximum absolute atomic E-state index is 12.4. The van der Waals surface area contributed by atoms with Crippen molar-refractivity contribution in [2.24, 2.45) is 5.92 Å². The highest BCUT2D eigenvalue weighted by Crippen LogP contribution is 2.33. The summed E-state index contributed by atoms with van der Waals surface area (Å²) in [6.45, 7) is 7.48. The topological polar surface area (TPSA) is 72.3 Å². The highest BCUT2D eigenvalue weighted by molar-refractivity contribution is 5.93. The maximum Gasteiger partial charge on any atom is 0.321 e. The van der Waals surface area contributed by atoms with E-state index in [1.807, 2.05) is 39.0 Å². The van der Waals surface area contributed by atoms with Crippen molar-refractivity contribution in [2.75, 3.05) is 18.6 Å². The lowest BCUT2D eigenvalue weighted by atomic mass is 10.1. The van der Waals surface area contributed by atoms with Crippen LogP contribution in [0.25, 0.3) is 11.2 Å². The van der Waals surface area contributed by atoms with Crippen molar-refractivity contribution in [2.45, 2.75) is 52.6 Å². The number of urea groups is 1. The molecule has 1 saturated carbocycles. The number of carbonyl (C=O) groups excluding carboxylic acids is 1. The van der Waals surface area contributed by atoms with Crippen molar-refractivity contribution in [3.05, 3.63) is 47.9 Å². The van der Waals surface area contributed by atoms with Crippen LogP contribution in [0.1, 0.15) is 45.0 Å². The van der Waals surface area contributed by atoms with E-state index in [-0.39, 0.29) is 12.1 Å². The molecule has 1 aromatic carbocycles. The summed E-state index contributed by atoms with van der Waals surface area (Å²) < 4.78 is 7.81. The molecule has 2 amide bonds. The van der Waals surface area contributed by atoms with Gasteiger partial charge in [0.15, 0.2) is 5.65 Å². The highest BCUT2D eigenvalue weighted by atomic mass is 16.5. The van der Waals surface area contributed by atoms with Gasteiger partial charge in [0.1, 0.15) is 17.1 Å². The van der Waals surface area contributed by atoms with Crippen LogP contribution in [0, 0.1) is 5.92 Å². The molecular weight excluding hydrogens is 390 g/mol. The lowest BCUT2D eigenvalue weighted by Crippen LogP contribution is -2.40. The van der Waals surface area contributed by atoms with Gasteiger partial charge in [-0.2, -0.15) is 0 Å². The summed E-state index contributed by atoms with van der Waals surface area (Å²) in [4.78, 5) is 23.6. The predicted octanol–water partition coefficient (Wildman–Crippen LogP) is 4.39. The quantitative estimate of drug-likeness (QED) is 0.586. The molecule has 0 spiro atoms. The van der Waals surface area contributed by atoms with Crippen molar-refractivity contribution in [3.8, 4) is 5.75 Å². The summed E-state index contributed by atoms with van der Waals surface area (Å²) in [7, 11) is 1.75. The molecule has 2 heterocycles. The molecule has 3 aromatic rings.